The maximum absolute atomic E-state index is 12.0. The molecule has 3 heterocycles. The molecule has 4 aromatic rings. The molecule has 0 aliphatic heterocycles. The van der Waals surface area contributed by atoms with Crippen LogP contribution in [0.5, 0.6) is 0 Å². The fraction of sp³-hybridized carbons (Fsp3) is 0.250. The highest BCUT2D eigenvalue weighted by molar-refractivity contribution is 7.98. The maximum Gasteiger partial charge on any atom is 0.336 e. The molecule has 138 valence electrons. The predicted molar refractivity (Wildman–Crippen MR) is 108 cm³/mol. The summed E-state index contributed by atoms with van der Waals surface area (Å²) in [6.07, 6.45) is 0. The van der Waals surface area contributed by atoms with Gasteiger partial charge in [-0.25, -0.2) is 4.79 Å². The van der Waals surface area contributed by atoms with Crippen molar-refractivity contribution in [1.82, 2.24) is 10.2 Å². The van der Waals surface area contributed by atoms with Crippen LogP contribution >= 0.6 is 23.1 Å². The molecule has 0 bridgehead atoms. The molecule has 0 fully saturated rings. The average Bonchev–Trinajstić information content (AvgIpc) is 3.30. The Bertz CT molecular complexity index is 1140. The van der Waals surface area contributed by atoms with E-state index in [1.807, 2.05) is 30.5 Å². The summed E-state index contributed by atoms with van der Waals surface area (Å²) in [6, 6.07) is 9.51. The zero-order chi connectivity index (χ0) is 19.0. The van der Waals surface area contributed by atoms with E-state index in [4.69, 9.17) is 8.83 Å². The lowest BCUT2D eigenvalue weighted by Crippen LogP contribution is -2.02. The van der Waals surface area contributed by atoms with Crippen molar-refractivity contribution in [2.75, 3.05) is 0 Å². The number of rotatable bonds is 5. The first-order chi connectivity index (χ1) is 13.0. The topological polar surface area (TPSA) is 69.1 Å². The van der Waals surface area contributed by atoms with Gasteiger partial charge in [-0.05, 0) is 53.1 Å². The van der Waals surface area contributed by atoms with E-state index in [0.29, 0.717) is 28.4 Å². The molecular formula is C20H18N2O3S2. The number of aryl methyl sites for hydroxylation is 1. The number of fused-ring (bicyclic) bond motifs is 1. The number of thioether (sulfide) groups is 1. The van der Waals surface area contributed by atoms with Crippen molar-refractivity contribution in [2.24, 2.45) is 0 Å². The molecule has 3 aromatic heterocycles. The second-order valence-electron chi connectivity index (χ2n) is 6.59. The van der Waals surface area contributed by atoms with Crippen LogP contribution in [0.4, 0.5) is 0 Å². The van der Waals surface area contributed by atoms with Crippen LogP contribution in [-0.4, -0.2) is 10.2 Å². The lowest BCUT2D eigenvalue weighted by molar-refractivity contribution is 0.466. The van der Waals surface area contributed by atoms with Crippen molar-refractivity contribution in [2.45, 2.75) is 37.7 Å². The Balaban J connectivity index is 1.65. The molecule has 0 spiro atoms. The SMILES string of the molecule is Cc1cc2oc(=O)cc(CSc3nnc(-c4cccs4)o3)c2cc1C(C)C. The molecule has 0 N–H and O–H groups in total. The predicted octanol–water partition coefficient (Wildman–Crippen LogP) is 5.63. The van der Waals surface area contributed by atoms with Crippen LogP contribution in [0.1, 0.15) is 36.5 Å². The molecule has 0 radical (unpaired) electrons. The van der Waals surface area contributed by atoms with Crippen molar-refractivity contribution in [1.29, 1.82) is 0 Å². The van der Waals surface area contributed by atoms with Gasteiger partial charge in [-0.2, -0.15) is 0 Å². The Morgan fingerprint density at radius 2 is 2.04 bits per heavy atom. The van der Waals surface area contributed by atoms with Gasteiger partial charge in [0.1, 0.15) is 5.58 Å². The Morgan fingerprint density at radius 3 is 2.78 bits per heavy atom. The highest BCUT2D eigenvalue weighted by Gasteiger charge is 2.14. The molecule has 0 aliphatic carbocycles. The van der Waals surface area contributed by atoms with E-state index in [1.165, 1.54) is 17.3 Å². The minimum absolute atomic E-state index is 0.348. The highest BCUT2D eigenvalue weighted by Crippen LogP contribution is 2.31. The van der Waals surface area contributed by atoms with Crippen LogP contribution in [0.3, 0.4) is 0 Å². The van der Waals surface area contributed by atoms with Crippen LogP contribution in [0.2, 0.25) is 0 Å². The third-order valence-corrected chi connectivity index (χ3v) is 6.05. The molecule has 0 unspecified atom stereocenters. The van der Waals surface area contributed by atoms with Gasteiger partial charge in [0.2, 0.25) is 0 Å². The van der Waals surface area contributed by atoms with Gasteiger partial charge < -0.3 is 8.83 Å². The summed E-state index contributed by atoms with van der Waals surface area (Å²) in [6.45, 7) is 6.36. The van der Waals surface area contributed by atoms with Crippen LogP contribution in [0.25, 0.3) is 21.7 Å². The number of nitrogens with zero attached hydrogens (tertiary/aromatic N) is 2. The Hall–Kier alpha value is -2.38. The zero-order valence-corrected chi connectivity index (χ0v) is 16.8. The van der Waals surface area contributed by atoms with E-state index < -0.39 is 0 Å². The molecule has 0 atom stereocenters. The maximum atomic E-state index is 12.0. The highest BCUT2D eigenvalue weighted by atomic mass is 32.2. The van der Waals surface area contributed by atoms with Crippen molar-refractivity contribution >= 4 is 34.1 Å². The minimum Gasteiger partial charge on any atom is -0.423 e. The molecule has 0 amide bonds. The lowest BCUT2D eigenvalue weighted by atomic mass is 9.95. The summed E-state index contributed by atoms with van der Waals surface area (Å²) >= 11 is 2.97. The van der Waals surface area contributed by atoms with Crippen molar-refractivity contribution < 1.29 is 8.83 Å². The van der Waals surface area contributed by atoms with Crippen molar-refractivity contribution in [3.05, 3.63) is 62.8 Å². The smallest absolute Gasteiger partial charge is 0.336 e. The van der Waals surface area contributed by atoms with E-state index in [0.717, 1.165) is 21.4 Å². The van der Waals surface area contributed by atoms with Gasteiger partial charge in [0.05, 0.1) is 4.88 Å². The average molecular weight is 399 g/mol. The van der Waals surface area contributed by atoms with Crippen molar-refractivity contribution in [3.63, 3.8) is 0 Å². The van der Waals surface area contributed by atoms with Crippen LogP contribution in [0.15, 0.2) is 54.6 Å². The summed E-state index contributed by atoms with van der Waals surface area (Å²) < 4.78 is 11.1. The molecule has 0 aliphatic rings. The van der Waals surface area contributed by atoms with Gasteiger partial charge in [-0.1, -0.05) is 31.7 Å². The van der Waals surface area contributed by atoms with Gasteiger partial charge in [-0.15, -0.1) is 21.5 Å². The Morgan fingerprint density at radius 1 is 1.19 bits per heavy atom. The van der Waals surface area contributed by atoms with Gasteiger partial charge in [0.15, 0.2) is 0 Å². The minimum atomic E-state index is -0.348. The van der Waals surface area contributed by atoms with E-state index in [9.17, 15) is 4.79 Å². The quantitative estimate of drug-likeness (QED) is 0.321. The molecule has 0 saturated heterocycles. The van der Waals surface area contributed by atoms with Gasteiger partial charge in [0.25, 0.3) is 11.1 Å². The van der Waals surface area contributed by atoms with Crippen LogP contribution < -0.4 is 5.63 Å². The molecule has 0 saturated carbocycles. The molecule has 7 heteroatoms. The number of aromatic nitrogens is 2. The monoisotopic (exact) mass is 398 g/mol. The van der Waals surface area contributed by atoms with Gasteiger partial charge in [0, 0.05) is 17.2 Å². The van der Waals surface area contributed by atoms with E-state index in [2.05, 4.69) is 30.1 Å². The molecule has 1 aromatic carbocycles. The third kappa shape index (κ3) is 3.70. The second-order valence-corrected chi connectivity index (χ2v) is 8.46. The zero-order valence-electron chi connectivity index (χ0n) is 15.2. The van der Waals surface area contributed by atoms with Gasteiger partial charge in [-0.3, -0.25) is 0 Å². The third-order valence-electron chi connectivity index (χ3n) is 4.33. The Kier molecular flexibility index (Phi) is 4.88. The molecule has 27 heavy (non-hydrogen) atoms. The van der Waals surface area contributed by atoms with E-state index >= 15 is 0 Å². The van der Waals surface area contributed by atoms with Crippen LogP contribution in [-0.2, 0) is 5.75 Å². The number of hydrogen-bond acceptors (Lipinski definition) is 7. The molecule has 5 nitrogen and oxygen atoms in total. The summed E-state index contributed by atoms with van der Waals surface area (Å²) in [5.74, 6) is 1.46. The first-order valence-electron chi connectivity index (χ1n) is 8.58. The summed E-state index contributed by atoms with van der Waals surface area (Å²) in [5, 5.41) is 11.6. The fourth-order valence-corrected chi connectivity index (χ4v) is 4.44. The van der Waals surface area contributed by atoms with Crippen LogP contribution in [0, 0.1) is 6.92 Å². The van der Waals surface area contributed by atoms with E-state index in [-0.39, 0.29) is 5.63 Å². The summed E-state index contributed by atoms with van der Waals surface area (Å²) in [4.78, 5) is 12.9. The fourth-order valence-electron chi connectivity index (χ4n) is 3.04. The standard InChI is InChI=1S/C20H18N2O3S2/c1-11(2)14-9-15-13(8-18(23)24-16(15)7-12(14)3)10-27-20-22-21-19(25-20)17-5-4-6-26-17/h4-9,11H,10H2,1-3H3. The number of thiophene rings is 1. The van der Waals surface area contributed by atoms with Gasteiger partial charge >= 0.3 is 5.63 Å². The number of hydrogen-bond donors (Lipinski definition) is 0. The first kappa shape index (κ1) is 18.0. The summed E-state index contributed by atoms with van der Waals surface area (Å²) in [7, 11) is 0. The molecule has 4 rings (SSSR count). The molecular weight excluding hydrogens is 380 g/mol. The summed E-state index contributed by atoms with van der Waals surface area (Å²) in [5.41, 5.74) is 3.55. The largest absolute Gasteiger partial charge is 0.423 e. The second kappa shape index (κ2) is 7.32. The van der Waals surface area contributed by atoms with E-state index in [1.54, 1.807) is 17.4 Å². The lowest BCUT2D eigenvalue weighted by Gasteiger charge is -2.12. The number of benzene rings is 1. The van der Waals surface area contributed by atoms with Crippen molar-refractivity contribution in [3.8, 4) is 10.8 Å². The Labute approximate surface area is 164 Å². The normalized spacial score (nSPS) is 11.6. The first-order valence-corrected chi connectivity index (χ1v) is 10.5.